The number of benzene rings is 1. The SMILES string of the molecule is Cn1ccc(Cn2c(=S)[nH]c3cccc(Cl)c32)n1. The van der Waals surface area contributed by atoms with Gasteiger partial charge in [-0.3, -0.25) is 4.68 Å². The molecule has 0 aliphatic heterocycles. The average molecular weight is 279 g/mol. The summed E-state index contributed by atoms with van der Waals surface area (Å²) in [6.45, 7) is 0.614. The van der Waals surface area contributed by atoms with Crippen molar-refractivity contribution in [3.05, 3.63) is 45.9 Å². The van der Waals surface area contributed by atoms with E-state index in [4.69, 9.17) is 23.8 Å². The van der Waals surface area contributed by atoms with Gasteiger partial charge in [0, 0.05) is 13.2 Å². The van der Waals surface area contributed by atoms with E-state index in [-0.39, 0.29) is 0 Å². The third-order valence-corrected chi connectivity index (χ3v) is 3.46. The summed E-state index contributed by atoms with van der Waals surface area (Å²) in [4.78, 5) is 3.15. The fourth-order valence-corrected chi connectivity index (χ4v) is 2.58. The Morgan fingerprint density at radius 1 is 1.39 bits per heavy atom. The maximum absolute atomic E-state index is 6.23. The monoisotopic (exact) mass is 278 g/mol. The molecular formula is C12H11ClN4S. The van der Waals surface area contributed by atoms with E-state index in [1.165, 1.54) is 0 Å². The van der Waals surface area contributed by atoms with Gasteiger partial charge in [-0.05, 0) is 30.4 Å². The number of para-hydroxylation sites is 1. The number of nitrogens with zero attached hydrogens (tertiary/aromatic N) is 3. The Bertz CT molecular complexity index is 768. The van der Waals surface area contributed by atoms with Gasteiger partial charge in [-0.1, -0.05) is 17.7 Å². The number of aromatic nitrogens is 4. The van der Waals surface area contributed by atoms with Crippen LogP contribution in [0.1, 0.15) is 5.69 Å². The summed E-state index contributed by atoms with van der Waals surface area (Å²) in [6, 6.07) is 7.70. The van der Waals surface area contributed by atoms with E-state index in [1.807, 2.05) is 42.1 Å². The van der Waals surface area contributed by atoms with Crippen molar-refractivity contribution in [1.82, 2.24) is 19.3 Å². The summed E-state index contributed by atoms with van der Waals surface area (Å²) in [5, 5.41) is 5.05. The van der Waals surface area contributed by atoms with E-state index >= 15 is 0 Å². The van der Waals surface area contributed by atoms with Crippen LogP contribution in [-0.4, -0.2) is 19.3 Å². The first-order valence-corrected chi connectivity index (χ1v) is 6.29. The summed E-state index contributed by atoms with van der Waals surface area (Å²) in [7, 11) is 1.89. The molecule has 0 spiro atoms. The Balaban J connectivity index is 2.16. The lowest BCUT2D eigenvalue weighted by Gasteiger charge is -2.03. The zero-order chi connectivity index (χ0) is 12.7. The summed E-state index contributed by atoms with van der Waals surface area (Å²) in [5.41, 5.74) is 2.83. The third-order valence-electron chi connectivity index (χ3n) is 2.83. The molecule has 3 aromatic rings. The molecule has 0 amide bonds. The molecular weight excluding hydrogens is 268 g/mol. The van der Waals surface area contributed by atoms with E-state index in [0.29, 0.717) is 16.3 Å². The normalized spacial score (nSPS) is 11.2. The van der Waals surface area contributed by atoms with Crippen molar-refractivity contribution < 1.29 is 0 Å². The van der Waals surface area contributed by atoms with Gasteiger partial charge in [-0.15, -0.1) is 0 Å². The molecule has 0 saturated heterocycles. The number of fused-ring (bicyclic) bond motifs is 1. The fourth-order valence-electron chi connectivity index (χ4n) is 2.04. The lowest BCUT2D eigenvalue weighted by Crippen LogP contribution is -2.01. The Morgan fingerprint density at radius 2 is 2.22 bits per heavy atom. The van der Waals surface area contributed by atoms with E-state index in [2.05, 4.69) is 10.1 Å². The minimum atomic E-state index is 0.614. The van der Waals surface area contributed by atoms with Gasteiger partial charge in [0.05, 0.1) is 28.3 Å². The number of halogens is 1. The molecule has 0 bridgehead atoms. The second-order valence-corrected chi connectivity index (χ2v) is 4.93. The van der Waals surface area contributed by atoms with Gasteiger partial charge in [0.25, 0.3) is 0 Å². The van der Waals surface area contributed by atoms with Crippen LogP contribution in [0.15, 0.2) is 30.5 Å². The number of aromatic amines is 1. The minimum Gasteiger partial charge on any atom is -0.331 e. The lowest BCUT2D eigenvalue weighted by atomic mass is 10.3. The molecule has 0 unspecified atom stereocenters. The summed E-state index contributed by atoms with van der Waals surface area (Å²) in [5.74, 6) is 0. The second kappa shape index (κ2) is 4.26. The van der Waals surface area contributed by atoms with Crippen molar-refractivity contribution in [2.45, 2.75) is 6.54 Å². The molecule has 4 nitrogen and oxygen atoms in total. The van der Waals surface area contributed by atoms with Gasteiger partial charge >= 0.3 is 0 Å². The quantitative estimate of drug-likeness (QED) is 0.732. The lowest BCUT2D eigenvalue weighted by molar-refractivity contribution is 0.710. The highest BCUT2D eigenvalue weighted by molar-refractivity contribution is 7.71. The molecule has 0 radical (unpaired) electrons. The number of nitrogens with one attached hydrogen (secondary N) is 1. The molecule has 1 N–H and O–H groups in total. The fraction of sp³-hybridized carbons (Fsp3) is 0.167. The standard InChI is InChI=1S/C12H11ClN4S/c1-16-6-5-8(15-16)7-17-11-9(13)3-2-4-10(11)14-12(17)18/h2-6H,7H2,1H3,(H,14,18). The van der Waals surface area contributed by atoms with Crippen LogP contribution in [0, 0.1) is 4.77 Å². The summed E-state index contributed by atoms with van der Waals surface area (Å²) >= 11 is 11.6. The van der Waals surface area contributed by atoms with Crippen molar-refractivity contribution in [3.8, 4) is 0 Å². The molecule has 18 heavy (non-hydrogen) atoms. The van der Waals surface area contributed by atoms with Gasteiger partial charge in [0.15, 0.2) is 4.77 Å². The Kier molecular flexibility index (Phi) is 2.72. The van der Waals surface area contributed by atoms with Crippen LogP contribution in [0.3, 0.4) is 0 Å². The molecule has 0 aliphatic rings. The van der Waals surface area contributed by atoms with Crippen LogP contribution < -0.4 is 0 Å². The van der Waals surface area contributed by atoms with Gasteiger partial charge in [0.1, 0.15) is 0 Å². The molecule has 2 heterocycles. The predicted molar refractivity (Wildman–Crippen MR) is 74.4 cm³/mol. The molecule has 2 aromatic heterocycles. The zero-order valence-electron chi connectivity index (χ0n) is 9.72. The second-order valence-electron chi connectivity index (χ2n) is 4.13. The Morgan fingerprint density at radius 3 is 2.94 bits per heavy atom. The van der Waals surface area contributed by atoms with Gasteiger partial charge < -0.3 is 9.55 Å². The van der Waals surface area contributed by atoms with Crippen molar-refractivity contribution in [2.75, 3.05) is 0 Å². The molecule has 0 fully saturated rings. The maximum atomic E-state index is 6.23. The molecule has 6 heteroatoms. The van der Waals surface area contributed by atoms with E-state index in [0.717, 1.165) is 16.7 Å². The molecule has 92 valence electrons. The molecule has 0 atom stereocenters. The first kappa shape index (κ1) is 11.5. The average Bonchev–Trinajstić information content (AvgIpc) is 2.85. The predicted octanol–water partition coefficient (Wildman–Crippen LogP) is 3.13. The minimum absolute atomic E-state index is 0.614. The molecule has 3 rings (SSSR count). The topological polar surface area (TPSA) is 38.5 Å². The number of H-pyrrole nitrogens is 1. The highest BCUT2D eigenvalue weighted by Gasteiger charge is 2.09. The summed E-state index contributed by atoms with van der Waals surface area (Å²) in [6.07, 6.45) is 1.91. The number of imidazole rings is 1. The van der Waals surface area contributed by atoms with E-state index in [1.54, 1.807) is 4.68 Å². The van der Waals surface area contributed by atoms with Crippen molar-refractivity contribution in [3.63, 3.8) is 0 Å². The van der Waals surface area contributed by atoms with Crippen LogP contribution in [0.2, 0.25) is 5.02 Å². The highest BCUT2D eigenvalue weighted by Crippen LogP contribution is 2.23. The van der Waals surface area contributed by atoms with Crippen LogP contribution in [0.25, 0.3) is 11.0 Å². The number of hydrogen-bond acceptors (Lipinski definition) is 2. The van der Waals surface area contributed by atoms with E-state index in [9.17, 15) is 0 Å². The van der Waals surface area contributed by atoms with Gasteiger partial charge in [0.2, 0.25) is 0 Å². The number of aryl methyl sites for hydroxylation is 1. The first-order chi connectivity index (χ1) is 8.65. The van der Waals surface area contributed by atoms with Gasteiger partial charge in [-0.2, -0.15) is 5.10 Å². The maximum Gasteiger partial charge on any atom is 0.178 e. The van der Waals surface area contributed by atoms with E-state index < -0.39 is 0 Å². The Hall–Kier alpha value is -1.59. The smallest absolute Gasteiger partial charge is 0.178 e. The molecule has 1 aromatic carbocycles. The Labute approximate surface area is 114 Å². The van der Waals surface area contributed by atoms with Crippen molar-refractivity contribution in [2.24, 2.45) is 7.05 Å². The van der Waals surface area contributed by atoms with Crippen LogP contribution in [0.4, 0.5) is 0 Å². The van der Waals surface area contributed by atoms with Crippen LogP contribution >= 0.6 is 23.8 Å². The highest BCUT2D eigenvalue weighted by atomic mass is 35.5. The van der Waals surface area contributed by atoms with Crippen LogP contribution in [0.5, 0.6) is 0 Å². The largest absolute Gasteiger partial charge is 0.331 e. The number of rotatable bonds is 2. The molecule has 0 aliphatic carbocycles. The van der Waals surface area contributed by atoms with Crippen molar-refractivity contribution in [1.29, 1.82) is 0 Å². The third kappa shape index (κ3) is 1.85. The zero-order valence-corrected chi connectivity index (χ0v) is 11.3. The first-order valence-electron chi connectivity index (χ1n) is 5.51. The van der Waals surface area contributed by atoms with Crippen LogP contribution in [-0.2, 0) is 13.6 Å². The number of hydrogen-bond donors (Lipinski definition) is 1. The van der Waals surface area contributed by atoms with Gasteiger partial charge in [-0.25, -0.2) is 0 Å². The molecule has 0 saturated carbocycles. The summed E-state index contributed by atoms with van der Waals surface area (Å²) < 4.78 is 4.40. The van der Waals surface area contributed by atoms with Crippen molar-refractivity contribution >= 4 is 34.9 Å².